The summed E-state index contributed by atoms with van der Waals surface area (Å²) in [5, 5.41) is 14.4. The lowest BCUT2D eigenvalue weighted by molar-refractivity contribution is -0.384. The number of benzene rings is 2. The van der Waals surface area contributed by atoms with Gasteiger partial charge in [0.25, 0.3) is 11.6 Å². The number of carbonyl (C=O) groups is 1. The molecule has 1 aliphatic rings. The van der Waals surface area contributed by atoms with Gasteiger partial charge in [0, 0.05) is 50.4 Å². The highest BCUT2D eigenvalue weighted by Crippen LogP contribution is 2.30. The summed E-state index contributed by atoms with van der Waals surface area (Å²) in [6.45, 7) is 9.78. The van der Waals surface area contributed by atoms with Crippen LogP contribution in [-0.4, -0.2) is 48.0 Å². The first-order chi connectivity index (χ1) is 13.8. The van der Waals surface area contributed by atoms with Crippen molar-refractivity contribution in [1.82, 2.24) is 10.2 Å². The van der Waals surface area contributed by atoms with E-state index in [9.17, 15) is 14.9 Å². The van der Waals surface area contributed by atoms with E-state index < -0.39 is 4.92 Å². The first-order valence-corrected chi connectivity index (χ1v) is 9.95. The number of carbonyl (C=O) groups excluding carboxylic acids is 1. The monoisotopic (exact) mass is 396 g/mol. The van der Waals surface area contributed by atoms with Crippen molar-refractivity contribution in [3.63, 3.8) is 0 Å². The summed E-state index contributed by atoms with van der Waals surface area (Å²) < 4.78 is 0. The number of aryl methyl sites for hydroxylation is 1. The quantitative estimate of drug-likeness (QED) is 0.598. The molecule has 7 heteroatoms. The summed E-state index contributed by atoms with van der Waals surface area (Å²) in [5.41, 5.74) is 3.40. The molecule has 2 aromatic rings. The van der Waals surface area contributed by atoms with Gasteiger partial charge >= 0.3 is 0 Å². The van der Waals surface area contributed by atoms with Crippen molar-refractivity contribution in [3.05, 3.63) is 69.3 Å². The Bertz CT molecular complexity index is 889. The summed E-state index contributed by atoms with van der Waals surface area (Å²) in [7, 11) is 0. The highest BCUT2D eigenvalue weighted by atomic mass is 16.6. The van der Waals surface area contributed by atoms with Crippen molar-refractivity contribution >= 4 is 17.3 Å². The summed E-state index contributed by atoms with van der Waals surface area (Å²) in [6, 6.07) is 13.2. The molecule has 1 heterocycles. The second-order valence-corrected chi connectivity index (χ2v) is 7.84. The number of nitro groups is 1. The van der Waals surface area contributed by atoms with E-state index in [0.29, 0.717) is 24.3 Å². The molecule has 0 unspecified atom stereocenters. The predicted octanol–water partition coefficient (Wildman–Crippen LogP) is 3.36. The van der Waals surface area contributed by atoms with Gasteiger partial charge in [0.2, 0.25) is 0 Å². The first kappa shape index (κ1) is 20.8. The zero-order valence-corrected chi connectivity index (χ0v) is 17.2. The van der Waals surface area contributed by atoms with Crippen molar-refractivity contribution in [2.24, 2.45) is 0 Å². The van der Waals surface area contributed by atoms with Gasteiger partial charge in [0.05, 0.1) is 4.92 Å². The minimum atomic E-state index is -0.402. The summed E-state index contributed by atoms with van der Waals surface area (Å²) >= 11 is 0. The van der Waals surface area contributed by atoms with E-state index in [1.807, 2.05) is 18.7 Å². The molecule has 1 N–H and O–H groups in total. The van der Waals surface area contributed by atoms with Crippen LogP contribution in [0.25, 0.3) is 0 Å². The van der Waals surface area contributed by atoms with E-state index in [1.165, 1.54) is 17.2 Å². The van der Waals surface area contributed by atoms with Crippen molar-refractivity contribution in [2.75, 3.05) is 31.1 Å². The third-order valence-corrected chi connectivity index (χ3v) is 5.06. The van der Waals surface area contributed by atoms with Crippen LogP contribution in [0.4, 0.5) is 11.4 Å². The minimum Gasteiger partial charge on any atom is -0.363 e. The van der Waals surface area contributed by atoms with Gasteiger partial charge < -0.3 is 10.2 Å². The van der Waals surface area contributed by atoms with E-state index in [0.717, 1.165) is 19.6 Å². The van der Waals surface area contributed by atoms with Gasteiger partial charge in [0.15, 0.2) is 0 Å². The van der Waals surface area contributed by atoms with Crippen LogP contribution >= 0.6 is 0 Å². The van der Waals surface area contributed by atoms with Gasteiger partial charge in [-0.15, -0.1) is 0 Å². The van der Waals surface area contributed by atoms with Crippen LogP contribution in [-0.2, 0) is 6.54 Å². The number of nitro benzene ring substituents is 1. The molecule has 1 fully saturated rings. The smallest absolute Gasteiger partial charge is 0.293 e. The normalized spacial score (nSPS) is 14.8. The van der Waals surface area contributed by atoms with Crippen molar-refractivity contribution in [3.8, 4) is 0 Å². The number of piperazine rings is 1. The SMILES string of the molecule is Cc1cccc(CN2CCN(c3ccc(C(=O)NC(C)C)cc3[N+](=O)[O-])CC2)c1. The summed E-state index contributed by atoms with van der Waals surface area (Å²) in [4.78, 5) is 27.8. The van der Waals surface area contributed by atoms with Gasteiger partial charge in [-0.1, -0.05) is 29.8 Å². The maximum absolute atomic E-state index is 12.2. The molecule has 1 saturated heterocycles. The van der Waals surface area contributed by atoms with Crippen molar-refractivity contribution in [2.45, 2.75) is 33.4 Å². The highest BCUT2D eigenvalue weighted by molar-refractivity contribution is 5.96. The van der Waals surface area contributed by atoms with E-state index >= 15 is 0 Å². The number of amides is 1. The second-order valence-electron chi connectivity index (χ2n) is 7.84. The molecule has 154 valence electrons. The molecule has 1 amide bonds. The maximum Gasteiger partial charge on any atom is 0.293 e. The average molecular weight is 396 g/mol. The Labute approximate surface area is 171 Å². The summed E-state index contributed by atoms with van der Waals surface area (Å²) in [6.07, 6.45) is 0. The molecule has 0 radical (unpaired) electrons. The predicted molar refractivity (Wildman–Crippen MR) is 114 cm³/mol. The van der Waals surface area contributed by atoms with Crippen LogP contribution in [0.3, 0.4) is 0 Å². The summed E-state index contributed by atoms with van der Waals surface area (Å²) in [5.74, 6) is -0.294. The lowest BCUT2D eigenvalue weighted by atomic mass is 10.1. The zero-order chi connectivity index (χ0) is 21.0. The molecule has 0 saturated carbocycles. The van der Waals surface area contributed by atoms with Crippen molar-refractivity contribution < 1.29 is 9.72 Å². The topological polar surface area (TPSA) is 78.7 Å². The fourth-order valence-electron chi connectivity index (χ4n) is 3.64. The van der Waals surface area contributed by atoms with Gasteiger partial charge in [0.1, 0.15) is 5.69 Å². The molecule has 7 nitrogen and oxygen atoms in total. The standard InChI is InChI=1S/C22H28N4O3/c1-16(2)23-22(27)19-7-8-20(21(14-19)26(28)29)25-11-9-24(10-12-25)15-18-6-4-5-17(3)13-18/h4-8,13-14,16H,9-12,15H2,1-3H3,(H,23,27). The Morgan fingerprint density at radius 3 is 2.48 bits per heavy atom. The number of hydrogen-bond acceptors (Lipinski definition) is 5. The number of anilines is 1. The Morgan fingerprint density at radius 2 is 1.86 bits per heavy atom. The molecule has 2 aromatic carbocycles. The lowest BCUT2D eigenvalue weighted by Crippen LogP contribution is -2.46. The van der Waals surface area contributed by atoms with Crippen LogP contribution < -0.4 is 10.2 Å². The number of rotatable bonds is 6. The molecule has 0 atom stereocenters. The Morgan fingerprint density at radius 1 is 1.14 bits per heavy atom. The van der Waals surface area contributed by atoms with Gasteiger partial charge in [-0.05, 0) is 38.5 Å². The molecule has 29 heavy (non-hydrogen) atoms. The third kappa shape index (κ3) is 5.32. The Hall–Kier alpha value is -2.93. The first-order valence-electron chi connectivity index (χ1n) is 9.95. The van der Waals surface area contributed by atoms with Crippen LogP contribution in [0.1, 0.15) is 35.3 Å². The molecule has 0 spiro atoms. The van der Waals surface area contributed by atoms with E-state index in [-0.39, 0.29) is 17.6 Å². The van der Waals surface area contributed by atoms with Gasteiger partial charge in [-0.3, -0.25) is 19.8 Å². The minimum absolute atomic E-state index is 0.0199. The molecule has 1 aliphatic heterocycles. The number of hydrogen-bond donors (Lipinski definition) is 1. The van der Waals surface area contributed by atoms with Crippen LogP contribution in [0.5, 0.6) is 0 Å². The molecule has 0 aliphatic carbocycles. The van der Waals surface area contributed by atoms with E-state index in [1.54, 1.807) is 12.1 Å². The van der Waals surface area contributed by atoms with Crippen LogP contribution in [0, 0.1) is 17.0 Å². The molecular weight excluding hydrogens is 368 g/mol. The fraction of sp³-hybridized carbons (Fsp3) is 0.409. The Balaban J connectivity index is 1.69. The third-order valence-electron chi connectivity index (χ3n) is 5.06. The highest BCUT2D eigenvalue weighted by Gasteiger charge is 2.25. The van der Waals surface area contributed by atoms with E-state index in [2.05, 4.69) is 41.4 Å². The van der Waals surface area contributed by atoms with Gasteiger partial charge in [-0.2, -0.15) is 0 Å². The lowest BCUT2D eigenvalue weighted by Gasteiger charge is -2.35. The molecule has 0 aromatic heterocycles. The fourth-order valence-corrected chi connectivity index (χ4v) is 3.64. The molecular formula is C22H28N4O3. The second kappa shape index (κ2) is 9.05. The van der Waals surface area contributed by atoms with Gasteiger partial charge in [-0.25, -0.2) is 0 Å². The van der Waals surface area contributed by atoms with Crippen LogP contribution in [0.15, 0.2) is 42.5 Å². The molecule has 3 rings (SSSR count). The number of nitrogens with zero attached hydrogens (tertiary/aromatic N) is 3. The van der Waals surface area contributed by atoms with E-state index in [4.69, 9.17) is 0 Å². The van der Waals surface area contributed by atoms with Crippen LogP contribution in [0.2, 0.25) is 0 Å². The van der Waals surface area contributed by atoms with Crippen molar-refractivity contribution in [1.29, 1.82) is 0 Å². The zero-order valence-electron chi connectivity index (χ0n) is 17.2. The largest absolute Gasteiger partial charge is 0.363 e. The number of nitrogens with one attached hydrogen (secondary N) is 1. The average Bonchev–Trinajstić information content (AvgIpc) is 2.67. The molecule has 0 bridgehead atoms. The maximum atomic E-state index is 12.2. The Kier molecular flexibility index (Phi) is 6.49.